The number of benzene rings is 1. The number of fused-ring (bicyclic) bond motifs is 3. The van der Waals surface area contributed by atoms with Crippen LogP contribution in [0.3, 0.4) is 0 Å². The first-order valence-electron chi connectivity index (χ1n) is 11.5. The van der Waals surface area contributed by atoms with E-state index in [2.05, 4.69) is 36.1 Å². The minimum absolute atomic E-state index is 0.00766. The number of aromatic amines is 1. The van der Waals surface area contributed by atoms with E-state index in [1.165, 1.54) is 7.05 Å². The zero-order valence-electron chi connectivity index (χ0n) is 20.2. The van der Waals surface area contributed by atoms with Gasteiger partial charge in [-0.15, -0.1) is 0 Å². The number of alkyl carbamates (subject to hydrolysis) is 1. The van der Waals surface area contributed by atoms with Gasteiger partial charge < -0.3 is 25.0 Å². The number of hydrogen-bond donors (Lipinski definition) is 3. The zero-order valence-corrected chi connectivity index (χ0v) is 22.5. The van der Waals surface area contributed by atoms with Gasteiger partial charge in [0, 0.05) is 49.2 Å². The lowest BCUT2D eigenvalue weighted by Gasteiger charge is -2.22. The standard InChI is InChI=1S/C24H26BrClFN5O4/c1-23(2,3)36-21(33)29-14-8-24(14)5-6-32(10-24)19-11(25)9-28-20-16(19)15-17(26)12(27)7-13(18(15)30-20)31(4)22(34)35/h7,9,14H,5-6,8,10H2,1-4H3,(H,28,30)(H,29,33)(H,34,35)/t14-,24+/m0/s1. The van der Waals surface area contributed by atoms with Crippen molar-refractivity contribution < 1.29 is 23.8 Å². The third kappa shape index (κ3) is 4.11. The summed E-state index contributed by atoms with van der Waals surface area (Å²) in [7, 11) is 1.34. The molecule has 1 spiro atoms. The molecule has 2 atom stereocenters. The van der Waals surface area contributed by atoms with Crippen molar-refractivity contribution in [3.05, 3.63) is 27.6 Å². The second kappa shape index (κ2) is 8.37. The number of pyridine rings is 1. The van der Waals surface area contributed by atoms with E-state index in [0.717, 1.165) is 29.5 Å². The number of halogens is 3. The molecular weight excluding hydrogens is 557 g/mol. The van der Waals surface area contributed by atoms with Crippen LogP contribution < -0.4 is 15.1 Å². The third-order valence-electron chi connectivity index (χ3n) is 6.93. The predicted octanol–water partition coefficient (Wildman–Crippen LogP) is 5.88. The van der Waals surface area contributed by atoms with E-state index in [1.54, 1.807) is 6.20 Å². The Hall–Kier alpha value is -2.79. The fourth-order valence-electron chi connectivity index (χ4n) is 5.12. The molecule has 3 aromatic rings. The summed E-state index contributed by atoms with van der Waals surface area (Å²) < 4.78 is 21.0. The second-order valence-corrected chi connectivity index (χ2v) is 11.8. The Labute approximate surface area is 220 Å². The SMILES string of the molecule is CN(C(=O)O)c1cc(F)c(Cl)c2c1[nH]c1ncc(Br)c(N3CC[C@@]4(C[C@@H]4NC(=O)OC(C)(C)C)C3)c12. The molecule has 12 heteroatoms. The number of H-pyrrole nitrogens is 1. The summed E-state index contributed by atoms with van der Waals surface area (Å²) in [6.07, 6.45) is 1.70. The minimum atomic E-state index is -1.23. The fourth-order valence-corrected chi connectivity index (χ4v) is 5.91. The number of nitrogens with zero attached hydrogens (tertiary/aromatic N) is 3. The molecule has 0 unspecified atom stereocenters. The van der Waals surface area contributed by atoms with Gasteiger partial charge in [0.1, 0.15) is 17.1 Å². The van der Waals surface area contributed by atoms with Crippen LogP contribution >= 0.6 is 27.5 Å². The molecular formula is C24H26BrClFN5O4. The molecule has 2 amide bonds. The molecule has 1 saturated carbocycles. The van der Waals surface area contributed by atoms with Gasteiger partial charge in [0.2, 0.25) is 0 Å². The summed E-state index contributed by atoms with van der Waals surface area (Å²) in [5.41, 5.74) is 1.14. The molecule has 2 aliphatic rings. The van der Waals surface area contributed by atoms with E-state index < -0.39 is 23.6 Å². The molecule has 1 aromatic carbocycles. The average molecular weight is 583 g/mol. The molecule has 1 aliphatic heterocycles. The first kappa shape index (κ1) is 24.9. The minimum Gasteiger partial charge on any atom is -0.465 e. The summed E-state index contributed by atoms with van der Waals surface area (Å²) >= 11 is 10.1. The van der Waals surface area contributed by atoms with Crippen LogP contribution in [0.15, 0.2) is 16.7 Å². The number of ether oxygens (including phenoxy) is 1. The lowest BCUT2D eigenvalue weighted by atomic mass is 10.1. The van der Waals surface area contributed by atoms with Gasteiger partial charge in [-0.2, -0.15) is 0 Å². The molecule has 2 fully saturated rings. The maximum absolute atomic E-state index is 14.9. The normalized spacial score (nSPS) is 21.4. The maximum atomic E-state index is 14.9. The number of aromatic nitrogens is 2. The van der Waals surface area contributed by atoms with Crippen LogP contribution in [0.25, 0.3) is 21.9 Å². The number of carbonyl (C=O) groups excluding carboxylic acids is 1. The largest absolute Gasteiger partial charge is 0.465 e. The van der Waals surface area contributed by atoms with Crippen LogP contribution in [0, 0.1) is 11.2 Å². The number of amides is 2. The van der Waals surface area contributed by atoms with Crippen LogP contribution in [0.5, 0.6) is 0 Å². The predicted molar refractivity (Wildman–Crippen MR) is 140 cm³/mol. The van der Waals surface area contributed by atoms with Gasteiger partial charge in [-0.3, -0.25) is 4.90 Å². The zero-order chi connectivity index (χ0) is 26.2. The van der Waals surface area contributed by atoms with Gasteiger partial charge in [-0.05, 0) is 49.5 Å². The Balaban J connectivity index is 1.53. The van der Waals surface area contributed by atoms with Gasteiger partial charge in [-0.25, -0.2) is 19.0 Å². The third-order valence-corrected chi connectivity index (χ3v) is 7.88. The van der Waals surface area contributed by atoms with E-state index in [0.29, 0.717) is 39.5 Å². The van der Waals surface area contributed by atoms with Gasteiger partial charge in [0.15, 0.2) is 0 Å². The Kier molecular flexibility index (Phi) is 5.79. The highest BCUT2D eigenvalue weighted by molar-refractivity contribution is 9.10. The van der Waals surface area contributed by atoms with E-state index in [-0.39, 0.29) is 22.2 Å². The van der Waals surface area contributed by atoms with E-state index in [9.17, 15) is 19.1 Å². The van der Waals surface area contributed by atoms with Crippen molar-refractivity contribution >= 4 is 73.0 Å². The molecule has 36 heavy (non-hydrogen) atoms. The molecule has 5 rings (SSSR count). The number of carboxylic acid groups (broad SMARTS) is 1. The number of carbonyl (C=O) groups is 2. The highest BCUT2D eigenvalue weighted by Crippen LogP contribution is 2.55. The molecule has 1 saturated heterocycles. The van der Waals surface area contributed by atoms with Gasteiger partial charge in [0.05, 0.1) is 31.8 Å². The summed E-state index contributed by atoms with van der Waals surface area (Å²) in [6.45, 7) is 6.87. The monoisotopic (exact) mass is 581 g/mol. The van der Waals surface area contributed by atoms with E-state index in [1.807, 2.05) is 20.8 Å². The van der Waals surface area contributed by atoms with Crippen molar-refractivity contribution in [3.63, 3.8) is 0 Å². The van der Waals surface area contributed by atoms with Crippen LogP contribution in [0.4, 0.5) is 25.4 Å². The number of rotatable bonds is 3. The second-order valence-electron chi connectivity index (χ2n) is 10.5. The molecule has 2 aromatic heterocycles. The van der Waals surface area contributed by atoms with Crippen molar-refractivity contribution in [2.45, 2.75) is 45.3 Å². The van der Waals surface area contributed by atoms with Gasteiger partial charge in [0.25, 0.3) is 0 Å². The van der Waals surface area contributed by atoms with Crippen molar-refractivity contribution in [3.8, 4) is 0 Å². The van der Waals surface area contributed by atoms with E-state index >= 15 is 0 Å². The average Bonchev–Trinajstić information content (AvgIpc) is 3.09. The quantitative estimate of drug-likeness (QED) is 0.356. The lowest BCUT2D eigenvalue weighted by molar-refractivity contribution is 0.0516. The van der Waals surface area contributed by atoms with Crippen LogP contribution in [0.2, 0.25) is 5.02 Å². The molecule has 3 N–H and O–H groups in total. The smallest absolute Gasteiger partial charge is 0.411 e. The van der Waals surface area contributed by atoms with Gasteiger partial charge in [-0.1, -0.05) is 11.6 Å². The Morgan fingerprint density at radius 3 is 2.81 bits per heavy atom. The lowest BCUT2D eigenvalue weighted by Crippen LogP contribution is -2.36. The molecule has 0 radical (unpaired) electrons. The molecule has 1 aliphatic carbocycles. The van der Waals surface area contributed by atoms with Gasteiger partial charge >= 0.3 is 12.2 Å². The Bertz CT molecular complexity index is 1420. The van der Waals surface area contributed by atoms with Crippen molar-refractivity contribution in [2.75, 3.05) is 29.9 Å². The molecule has 192 valence electrons. The van der Waals surface area contributed by atoms with E-state index in [4.69, 9.17) is 16.3 Å². The number of hydrogen-bond acceptors (Lipinski definition) is 5. The Morgan fingerprint density at radius 1 is 1.42 bits per heavy atom. The van der Waals surface area contributed by atoms with Crippen LogP contribution in [0.1, 0.15) is 33.6 Å². The highest BCUT2D eigenvalue weighted by Gasteiger charge is 2.58. The van der Waals surface area contributed by atoms with Crippen LogP contribution in [-0.2, 0) is 4.74 Å². The number of nitrogens with one attached hydrogen (secondary N) is 2. The highest BCUT2D eigenvalue weighted by atomic mass is 79.9. The van der Waals surface area contributed by atoms with Crippen LogP contribution in [-0.4, -0.2) is 59.0 Å². The van der Waals surface area contributed by atoms with Crippen molar-refractivity contribution in [1.82, 2.24) is 15.3 Å². The molecule has 9 nitrogen and oxygen atoms in total. The number of anilines is 2. The summed E-state index contributed by atoms with van der Waals surface area (Å²) in [6, 6.07) is 1.11. The first-order chi connectivity index (χ1) is 16.8. The summed E-state index contributed by atoms with van der Waals surface area (Å²) in [5.74, 6) is -0.721. The first-order valence-corrected chi connectivity index (χ1v) is 12.7. The molecule has 3 heterocycles. The maximum Gasteiger partial charge on any atom is 0.411 e. The van der Waals surface area contributed by atoms with Crippen molar-refractivity contribution in [2.24, 2.45) is 5.41 Å². The summed E-state index contributed by atoms with van der Waals surface area (Å²) in [4.78, 5) is 34.6. The summed E-state index contributed by atoms with van der Waals surface area (Å²) in [5, 5.41) is 13.4. The molecule has 0 bridgehead atoms. The Morgan fingerprint density at radius 2 is 2.14 bits per heavy atom. The fraction of sp³-hybridized carbons (Fsp3) is 0.458. The van der Waals surface area contributed by atoms with Crippen molar-refractivity contribution in [1.29, 1.82) is 0 Å². The topological polar surface area (TPSA) is 111 Å².